The Hall–Kier alpha value is -1.41. The van der Waals surface area contributed by atoms with Crippen LogP contribution in [-0.2, 0) is 10.0 Å². The van der Waals surface area contributed by atoms with Gasteiger partial charge < -0.3 is 10.3 Å². The van der Waals surface area contributed by atoms with Crippen LogP contribution < -0.4 is 10.5 Å². The minimum absolute atomic E-state index is 0. The van der Waals surface area contributed by atoms with Crippen molar-refractivity contribution in [3.63, 3.8) is 0 Å². The Morgan fingerprint density at radius 3 is 2.43 bits per heavy atom. The summed E-state index contributed by atoms with van der Waals surface area (Å²) in [6.45, 7) is 3.25. The minimum Gasteiger partial charge on any atom is -0.360 e. The number of hydrogen-bond donors (Lipinski definition) is 2. The van der Waals surface area contributed by atoms with E-state index in [1.165, 1.54) is 0 Å². The van der Waals surface area contributed by atoms with Crippen LogP contribution in [0.2, 0.25) is 0 Å². The van der Waals surface area contributed by atoms with E-state index in [9.17, 15) is 8.42 Å². The van der Waals surface area contributed by atoms with Crippen LogP contribution in [0.15, 0.2) is 39.8 Å². The van der Waals surface area contributed by atoms with Gasteiger partial charge in [0.2, 0.25) is 10.0 Å². The number of nitrogens with one attached hydrogen (secondary N) is 1. The van der Waals surface area contributed by atoms with E-state index >= 15 is 0 Å². The van der Waals surface area contributed by atoms with Gasteiger partial charge in [0.05, 0.1) is 0 Å². The summed E-state index contributed by atoms with van der Waals surface area (Å²) in [7, 11) is -3.67. The fourth-order valence-electron chi connectivity index (χ4n) is 1.95. The molecule has 0 saturated carbocycles. The number of nitrogens with two attached hydrogens (primary N) is 1. The Bertz CT molecular complexity index is 666. The molecule has 0 saturated heterocycles. The van der Waals surface area contributed by atoms with Gasteiger partial charge >= 0.3 is 0 Å². The number of rotatable bonds is 5. The molecule has 21 heavy (non-hydrogen) atoms. The van der Waals surface area contributed by atoms with Gasteiger partial charge in [0.1, 0.15) is 10.6 Å². The molecule has 6 nitrogen and oxygen atoms in total. The molecule has 1 aromatic heterocycles. The van der Waals surface area contributed by atoms with Crippen LogP contribution in [0.4, 0.5) is 0 Å². The first-order valence-electron chi connectivity index (χ1n) is 6.15. The molecule has 3 N–H and O–H groups in total. The highest BCUT2D eigenvalue weighted by Gasteiger charge is 2.24. The van der Waals surface area contributed by atoms with Gasteiger partial charge in [-0.25, -0.2) is 13.1 Å². The average Bonchev–Trinajstić information content (AvgIpc) is 2.77. The van der Waals surface area contributed by atoms with E-state index in [1.54, 1.807) is 13.8 Å². The van der Waals surface area contributed by atoms with Gasteiger partial charge in [-0.15, -0.1) is 12.4 Å². The van der Waals surface area contributed by atoms with E-state index in [2.05, 4.69) is 9.88 Å². The van der Waals surface area contributed by atoms with Gasteiger partial charge in [0.25, 0.3) is 0 Å². The van der Waals surface area contributed by atoms with Crippen molar-refractivity contribution in [1.29, 1.82) is 0 Å². The van der Waals surface area contributed by atoms with Crippen LogP contribution in [0.5, 0.6) is 0 Å². The molecule has 1 aromatic carbocycles. The zero-order valence-corrected chi connectivity index (χ0v) is 13.4. The van der Waals surface area contributed by atoms with Crippen LogP contribution >= 0.6 is 12.4 Å². The molecule has 0 amide bonds. The molecule has 1 heterocycles. The highest BCUT2D eigenvalue weighted by molar-refractivity contribution is 7.89. The fourth-order valence-corrected chi connectivity index (χ4v) is 3.33. The number of nitrogens with zero attached hydrogens (tertiary/aromatic N) is 1. The second-order valence-electron chi connectivity index (χ2n) is 4.52. The highest BCUT2D eigenvalue weighted by atomic mass is 35.5. The van der Waals surface area contributed by atoms with Crippen molar-refractivity contribution in [1.82, 2.24) is 9.88 Å². The summed E-state index contributed by atoms with van der Waals surface area (Å²) in [5.41, 5.74) is 7.17. The van der Waals surface area contributed by atoms with E-state index in [0.29, 0.717) is 5.69 Å². The molecule has 0 aliphatic rings. The Labute approximate surface area is 130 Å². The predicted molar refractivity (Wildman–Crippen MR) is 81.8 cm³/mol. The Kier molecular flexibility index (Phi) is 5.91. The largest absolute Gasteiger partial charge is 0.360 e. The van der Waals surface area contributed by atoms with Crippen LogP contribution in [0.25, 0.3) is 0 Å². The van der Waals surface area contributed by atoms with Crippen molar-refractivity contribution in [2.24, 2.45) is 5.73 Å². The molecule has 2 rings (SSSR count). The fraction of sp³-hybridized carbons (Fsp3) is 0.308. The first-order valence-corrected chi connectivity index (χ1v) is 7.63. The summed E-state index contributed by atoms with van der Waals surface area (Å²) < 4.78 is 31.8. The van der Waals surface area contributed by atoms with E-state index in [-0.39, 0.29) is 29.6 Å². The maximum Gasteiger partial charge on any atom is 0.246 e. The molecular weight excluding hydrogens is 314 g/mol. The van der Waals surface area contributed by atoms with Crippen LogP contribution in [0.1, 0.15) is 23.1 Å². The van der Waals surface area contributed by atoms with Gasteiger partial charge in [-0.3, -0.25) is 0 Å². The molecule has 2 aromatic rings. The molecule has 8 heteroatoms. The van der Waals surface area contributed by atoms with Gasteiger partial charge in [-0.2, -0.15) is 0 Å². The summed E-state index contributed by atoms with van der Waals surface area (Å²) in [5, 5.41) is 3.64. The third kappa shape index (κ3) is 4.04. The third-order valence-corrected chi connectivity index (χ3v) is 4.62. The smallest absolute Gasteiger partial charge is 0.246 e. The maximum absolute atomic E-state index is 12.2. The quantitative estimate of drug-likeness (QED) is 0.868. The summed E-state index contributed by atoms with van der Waals surface area (Å²) in [4.78, 5) is 0.0813. The molecule has 0 aliphatic carbocycles. The van der Waals surface area contributed by atoms with Crippen molar-refractivity contribution >= 4 is 22.4 Å². The topological polar surface area (TPSA) is 98.2 Å². The lowest BCUT2D eigenvalue weighted by atomic mass is 10.1. The van der Waals surface area contributed by atoms with Crippen molar-refractivity contribution in [2.45, 2.75) is 24.8 Å². The van der Waals surface area contributed by atoms with E-state index in [1.807, 2.05) is 30.3 Å². The summed E-state index contributed by atoms with van der Waals surface area (Å²) in [6.07, 6.45) is 0. The number of aryl methyl sites for hydroxylation is 2. The zero-order valence-electron chi connectivity index (χ0n) is 11.7. The van der Waals surface area contributed by atoms with Gasteiger partial charge in [-0.1, -0.05) is 35.5 Å². The SMILES string of the molecule is Cc1noc(C)c1S(=O)(=O)NCC(N)c1ccccc1.Cl. The number of halogens is 1. The Balaban J connectivity index is 0.00000220. The van der Waals surface area contributed by atoms with E-state index in [4.69, 9.17) is 10.3 Å². The average molecular weight is 332 g/mol. The highest BCUT2D eigenvalue weighted by Crippen LogP contribution is 2.19. The Morgan fingerprint density at radius 1 is 1.29 bits per heavy atom. The molecule has 0 spiro atoms. The molecule has 0 fully saturated rings. The second-order valence-corrected chi connectivity index (χ2v) is 6.23. The van der Waals surface area contributed by atoms with Crippen molar-refractivity contribution in [3.8, 4) is 0 Å². The van der Waals surface area contributed by atoms with Crippen molar-refractivity contribution in [2.75, 3.05) is 6.54 Å². The molecule has 1 atom stereocenters. The van der Waals surface area contributed by atoms with Crippen LogP contribution in [0.3, 0.4) is 0 Å². The molecule has 116 valence electrons. The van der Waals surface area contributed by atoms with Crippen LogP contribution in [-0.4, -0.2) is 20.1 Å². The molecule has 0 aliphatic heterocycles. The molecular formula is C13H18ClN3O3S. The van der Waals surface area contributed by atoms with Crippen LogP contribution in [0, 0.1) is 13.8 Å². The summed E-state index contributed by atoms with van der Waals surface area (Å²) >= 11 is 0. The molecule has 0 radical (unpaired) electrons. The molecule has 1 unspecified atom stereocenters. The molecule has 0 bridgehead atoms. The number of benzene rings is 1. The first-order chi connectivity index (χ1) is 9.42. The normalized spacial score (nSPS) is 12.7. The maximum atomic E-state index is 12.2. The lowest BCUT2D eigenvalue weighted by Crippen LogP contribution is -2.32. The minimum atomic E-state index is -3.67. The second kappa shape index (κ2) is 7.04. The van der Waals surface area contributed by atoms with Crippen molar-refractivity contribution < 1.29 is 12.9 Å². The van der Waals surface area contributed by atoms with Gasteiger partial charge in [0.15, 0.2) is 5.76 Å². The standard InChI is InChI=1S/C13H17N3O3S.ClH/c1-9-13(10(2)19-16-9)20(17,18)15-8-12(14)11-6-4-3-5-7-11;/h3-7,12,15H,8,14H2,1-2H3;1H. The lowest BCUT2D eigenvalue weighted by Gasteiger charge is -2.13. The van der Waals surface area contributed by atoms with Crippen molar-refractivity contribution in [3.05, 3.63) is 47.3 Å². The monoisotopic (exact) mass is 331 g/mol. The van der Waals surface area contributed by atoms with E-state index in [0.717, 1.165) is 5.56 Å². The summed E-state index contributed by atoms with van der Waals surface area (Å²) in [5.74, 6) is 0.267. The lowest BCUT2D eigenvalue weighted by molar-refractivity contribution is 0.390. The first kappa shape index (κ1) is 17.6. The Morgan fingerprint density at radius 2 is 1.90 bits per heavy atom. The van der Waals surface area contributed by atoms with Gasteiger partial charge in [0, 0.05) is 12.6 Å². The third-order valence-electron chi connectivity index (χ3n) is 2.96. The predicted octanol–water partition coefficient (Wildman–Crippen LogP) is 1.69. The number of sulfonamides is 1. The number of aromatic nitrogens is 1. The zero-order chi connectivity index (χ0) is 14.8. The number of hydrogen-bond acceptors (Lipinski definition) is 5. The summed E-state index contributed by atoms with van der Waals surface area (Å²) in [6, 6.07) is 8.90. The van der Waals surface area contributed by atoms with E-state index < -0.39 is 16.1 Å². The van der Waals surface area contributed by atoms with Gasteiger partial charge in [-0.05, 0) is 19.4 Å².